The van der Waals surface area contributed by atoms with Gasteiger partial charge in [-0.2, -0.15) is 0 Å². The van der Waals surface area contributed by atoms with Gasteiger partial charge in [0.25, 0.3) is 5.91 Å². The summed E-state index contributed by atoms with van der Waals surface area (Å²) < 4.78 is 0. The predicted molar refractivity (Wildman–Crippen MR) is 85.9 cm³/mol. The molecule has 2 amide bonds. The first-order chi connectivity index (χ1) is 10.7. The van der Waals surface area contributed by atoms with Gasteiger partial charge in [0, 0.05) is 43.7 Å². The van der Waals surface area contributed by atoms with Gasteiger partial charge in [-0.25, -0.2) is 0 Å². The van der Waals surface area contributed by atoms with Gasteiger partial charge in [0.2, 0.25) is 5.91 Å². The topological polar surface area (TPSA) is 56.4 Å². The third-order valence-corrected chi connectivity index (χ3v) is 4.85. The molecular weight excluding hydrogens is 298 g/mol. The summed E-state index contributed by atoms with van der Waals surface area (Å²) in [7, 11) is 0. The van der Waals surface area contributed by atoms with Crippen LogP contribution in [0.5, 0.6) is 0 Å². The summed E-state index contributed by atoms with van der Waals surface area (Å²) in [6.07, 6.45) is 3.10. The number of piperazine rings is 1. The second kappa shape index (κ2) is 6.79. The van der Waals surface area contributed by atoms with Gasteiger partial charge < -0.3 is 14.8 Å². The minimum absolute atomic E-state index is 0.00989. The Balaban J connectivity index is 1.47. The monoisotopic (exact) mass is 317 g/mol. The number of hydrogen-bond donors (Lipinski definition) is 1. The fraction of sp³-hybridized carbons (Fsp3) is 0.375. The number of hydrogen-bond acceptors (Lipinski definition) is 3. The van der Waals surface area contributed by atoms with Crippen molar-refractivity contribution in [2.45, 2.75) is 12.8 Å². The first-order valence-electron chi connectivity index (χ1n) is 7.47. The van der Waals surface area contributed by atoms with Crippen molar-refractivity contribution in [2.24, 2.45) is 0 Å². The molecule has 3 heterocycles. The summed E-state index contributed by atoms with van der Waals surface area (Å²) in [4.78, 5) is 32.3. The Hall–Kier alpha value is -2.08. The van der Waals surface area contributed by atoms with Crippen molar-refractivity contribution in [1.82, 2.24) is 14.8 Å². The Morgan fingerprint density at radius 3 is 2.50 bits per heavy atom. The first-order valence-corrected chi connectivity index (χ1v) is 8.35. The van der Waals surface area contributed by atoms with Gasteiger partial charge in [0.05, 0.1) is 0 Å². The van der Waals surface area contributed by atoms with Crippen LogP contribution in [0.25, 0.3) is 0 Å². The maximum absolute atomic E-state index is 12.2. The van der Waals surface area contributed by atoms with Gasteiger partial charge in [0.15, 0.2) is 0 Å². The number of nitrogens with zero attached hydrogens (tertiary/aromatic N) is 2. The summed E-state index contributed by atoms with van der Waals surface area (Å²) in [5.41, 5.74) is 0.609. The van der Waals surface area contributed by atoms with Crippen molar-refractivity contribution >= 4 is 23.2 Å². The van der Waals surface area contributed by atoms with Crippen LogP contribution < -0.4 is 0 Å². The van der Waals surface area contributed by atoms with Gasteiger partial charge in [-0.3, -0.25) is 9.59 Å². The molecule has 2 aromatic heterocycles. The Labute approximate surface area is 133 Å². The van der Waals surface area contributed by atoms with Crippen LogP contribution in [0.15, 0.2) is 35.8 Å². The lowest BCUT2D eigenvalue weighted by Crippen LogP contribution is -2.50. The van der Waals surface area contributed by atoms with Crippen LogP contribution in [0.2, 0.25) is 0 Å². The quantitative estimate of drug-likeness (QED) is 0.937. The SMILES string of the molecule is O=C(CCc1cccs1)N1CCN(C(=O)c2ccc[nH]2)CC1. The summed E-state index contributed by atoms with van der Waals surface area (Å²) in [5.74, 6) is 0.191. The van der Waals surface area contributed by atoms with E-state index in [0.717, 1.165) is 6.42 Å². The minimum Gasteiger partial charge on any atom is -0.357 e. The van der Waals surface area contributed by atoms with Crippen LogP contribution in [-0.2, 0) is 11.2 Å². The second-order valence-corrected chi connectivity index (χ2v) is 6.37. The third-order valence-electron chi connectivity index (χ3n) is 3.91. The van der Waals surface area contributed by atoms with Crippen molar-refractivity contribution < 1.29 is 9.59 Å². The number of nitrogens with one attached hydrogen (secondary N) is 1. The third kappa shape index (κ3) is 3.39. The molecule has 0 spiro atoms. The fourth-order valence-corrected chi connectivity index (χ4v) is 3.34. The molecule has 3 rings (SSSR count). The van der Waals surface area contributed by atoms with Crippen LogP contribution in [0.1, 0.15) is 21.8 Å². The lowest BCUT2D eigenvalue weighted by atomic mass is 10.2. The largest absolute Gasteiger partial charge is 0.357 e. The molecule has 1 aliphatic rings. The van der Waals surface area contributed by atoms with Crippen molar-refractivity contribution in [3.8, 4) is 0 Å². The van der Waals surface area contributed by atoms with E-state index in [9.17, 15) is 9.59 Å². The standard InChI is InChI=1S/C16H19N3O2S/c20-15(6-5-13-3-2-12-22-13)18-8-10-19(11-9-18)16(21)14-4-1-7-17-14/h1-4,7,12,17H,5-6,8-11H2. The highest BCUT2D eigenvalue weighted by atomic mass is 32.1. The van der Waals surface area contributed by atoms with Crippen LogP contribution in [0.4, 0.5) is 0 Å². The molecule has 0 bridgehead atoms. The van der Waals surface area contributed by atoms with Crippen LogP contribution >= 0.6 is 11.3 Å². The van der Waals surface area contributed by atoms with E-state index in [0.29, 0.717) is 38.3 Å². The first kappa shape index (κ1) is 14.8. The van der Waals surface area contributed by atoms with E-state index in [1.807, 2.05) is 22.4 Å². The van der Waals surface area contributed by atoms with Crippen LogP contribution in [0.3, 0.4) is 0 Å². The van der Waals surface area contributed by atoms with Gasteiger partial charge in [0.1, 0.15) is 5.69 Å². The van der Waals surface area contributed by atoms with Crippen LogP contribution in [-0.4, -0.2) is 52.8 Å². The lowest BCUT2D eigenvalue weighted by Gasteiger charge is -2.34. The number of thiophene rings is 1. The zero-order chi connectivity index (χ0) is 15.4. The maximum atomic E-state index is 12.2. The Bertz CT molecular complexity index is 614. The van der Waals surface area contributed by atoms with Gasteiger partial charge in [-0.05, 0) is 30.0 Å². The number of carbonyl (C=O) groups excluding carboxylic acids is 2. The lowest BCUT2D eigenvalue weighted by molar-refractivity contribution is -0.132. The van der Waals surface area contributed by atoms with Crippen molar-refractivity contribution in [2.75, 3.05) is 26.2 Å². The normalized spacial score (nSPS) is 15.1. The summed E-state index contributed by atoms with van der Waals surface area (Å²) >= 11 is 1.69. The highest BCUT2D eigenvalue weighted by Crippen LogP contribution is 2.13. The number of carbonyl (C=O) groups is 2. The zero-order valence-electron chi connectivity index (χ0n) is 12.3. The van der Waals surface area contributed by atoms with E-state index in [-0.39, 0.29) is 11.8 Å². The average molecular weight is 317 g/mol. The molecule has 0 radical (unpaired) electrons. The summed E-state index contributed by atoms with van der Waals surface area (Å²) in [6.45, 7) is 2.44. The molecule has 22 heavy (non-hydrogen) atoms. The predicted octanol–water partition coefficient (Wildman–Crippen LogP) is 1.99. The highest BCUT2D eigenvalue weighted by Gasteiger charge is 2.24. The summed E-state index contributed by atoms with van der Waals surface area (Å²) in [5, 5.41) is 2.03. The van der Waals surface area contributed by atoms with E-state index in [4.69, 9.17) is 0 Å². The molecule has 6 heteroatoms. The van der Waals surface area contributed by atoms with Gasteiger partial charge in [-0.15, -0.1) is 11.3 Å². The number of H-pyrrole nitrogens is 1. The molecule has 1 N–H and O–H groups in total. The fourth-order valence-electron chi connectivity index (χ4n) is 2.64. The smallest absolute Gasteiger partial charge is 0.270 e. The van der Waals surface area contributed by atoms with Gasteiger partial charge in [-0.1, -0.05) is 6.07 Å². The molecule has 0 aromatic carbocycles. The second-order valence-electron chi connectivity index (χ2n) is 5.34. The summed E-state index contributed by atoms with van der Waals surface area (Å²) in [6, 6.07) is 7.67. The van der Waals surface area contributed by atoms with Gasteiger partial charge >= 0.3 is 0 Å². The molecule has 0 atom stereocenters. The van der Waals surface area contributed by atoms with E-state index < -0.39 is 0 Å². The molecule has 116 valence electrons. The molecule has 1 fully saturated rings. The molecule has 0 aliphatic carbocycles. The minimum atomic E-state index is 0.00989. The van der Waals surface area contributed by atoms with Crippen molar-refractivity contribution in [1.29, 1.82) is 0 Å². The number of amides is 2. The molecule has 2 aromatic rings. The highest BCUT2D eigenvalue weighted by molar-refractivity contribution is 7.09. The molecule has 5 nitrogen and oxygen atoms in total. The van der Waals surface area contributed by atoms with Crippen molar-refractivity contribution in [3.63, 3.8) is 0 Å². The number of rotatable bonds is 4. The number of aromatic nitrogens is 1. The Morgan fingerprint density at radius 2 is 1.86 bits per heavy atom. The number of aryl methyl sites for hydroxylation is 1. The van der Waals surface area contributed by atoms with E-state index >= 15 is 0 Å². The van der Waals surface area contributed by atoms with E-state index in [1.54, 1.807) is 28.5 Å². The van der Waals surface area contributed by atoms with E-state index in [1.165, 1.54) is 4.88 Å². The molecule has 0 saturated carbocycles. The number of aromatic amines is 1. The molecule has 1 saturated heterocycles. The van der Waals surface area contributed by atoms with Crippen LogP contribution in [0, 0.1) is 0 Å². The maximum Gasteiger partial charge on any atom is 0.270 e. The molecular formula is C16H19N3O2S. The Morgan fingerprint density at radius 1 is 1.09 bits per heavy atom. The molecule has 0 unspecified atom stereocenters. The molecule has 1 aliphatic heterocycles. The van der Waals surface area contributed by atoms with Crippen molar-refractivity contribution in [3.05, 3.63) is 46.4 Å². The Kier molecular flexibility index (Phi) is 4.58. The zero-order valence-corrected chi connectivity index (χ0v) is 13.1. The van der Waals surface area contributed by atoms with E-state index in [2.05, 4.69) is 11.1 Å². The average Bonchev–Trinajstić information content (AvgIpc) is 3.25.